The molecule has 0 radical (unpaired) electrons. The Labute approximate surface area is 139 Å². The lowest BCUT2D eigenvalue weighted by Gasteiger charge is -2.14. The number of nitrogens with zero attached hydrogens (tertiary/aromatic N) is 1. The van der Waals surface area contributed by atoms with E-state index in [4.69, 9.17) is 16.3 Å². The summed E-state index contributed by atoms with van der Waals surface area (Å²) in [6, 6.07) is 13.9. The number of benzene rings is 2. The van der Waals surface area contributed by atoms with Crippen molar-refractivity contribution in [3.8, 4) is 11.8 Å². The van der Waals surface area contributed by atoms with Crippen molar-refractivity contribution in [2.75, 3.05) is 7.11 Å². The molecule has 120 valence electrons. The fourth-order valence-corrected chi connectivity index (χ4v) is 3.25. The van der Waals surface area contributed by atoms with Crippen LogP contribution in [0.15, 0.2) is 53.4 Å². The third kappa shape index (κ3) is 4.21. The average Bonchev–Trinajstić information content (AvgIpc) is 2.56. The van der Waals surface area contributed by atoms with Crippen LogP contribution in [0, 0.1) is 11.3 Å². The molecule has 6 nitrogen and oxygen atoms in total. The highest BCUT2D eigenvalue weighted by Gasteiger charge is 2.19. The molecule has 1 atom stereocenters. The summed E-state index contributed by atoms with van der Waals surface area (Å²) in [7, 11) is -2.35. The molecule has 2 rings (SSSR count). The number of methoxy groups -OCH3 is 1. The Balaban J connectivity index is 2.14. The molecule has 0 aliphatic carbocycles. The Morgan fingerprint density at radius 2 is 1.83 bits per heavy atom. The van der Waals surface area contributed by atoms with Gasteiger partial charge in [0, 0.05) is 0 Å². The molecule has 0 saturated heterocycles. The Kier molecular flexibility index (Phi) is 5.58. The molecular formula is C15H14ClN3O3S. The second-order valence-electron chi connectivity index (χ2n) is 4.52. The van der Waals surface area contributed by atoms with Crippen LogP contribution in [0.25, 0.3) is 0 Å². The van der Waals surface area contributed by atoms with Gasteiger partial charge in [-0.3, -0.25) is 0 Å². The topological polar surface area (TPSA) is 91.2 Å². The molecule has 0 aliphatic heterocycles. The summed E-state index contributed by atoms with van der Waals surface area (Å²) in [5.41, 5.74) is 3.08. The van der Waals surface area contributed by atoms with Crippen LogP contribution < -0.4 is 15.0 Å². The second-order valence-corrected chi connectivity index (χ2v) is 6.57. The van der Waals surface area contributed by atoms with Gasteiger partial charge < -0.3 is 4.74 Å². The maximum atomic E-state index is 12.2. The lowest BCUT2D eigenvalue weighted by molar-refractivity contribution is 0.414. The first-order valence-corrected chi connectivity index (χ1v) is 8.39. The van der Waals surface area contributed by atoms with Crippen LogP contribution in [0.5, 0.6) is 5.75 Å². The smallest absolute Gasteiger partial charge is 0.254 e. The second kappa shape index (κ2) is 7.44. The number of halogens is 1. The van der Waals surface area contributed by atoms with Crippen molar-refractivity contribution in [1.29, 1.82) is 5.26 Å². The van der Waals surface area contributed by atoms with Crippen LogP contribution in [0.4, 0.5) is 0 Å². The van der Waals surface area contributed by atoms with Gasteiger partial charge >= 0.3 is 0 Å². The zero-order valence-electron chi connectivity index (χ0n) is 12.2. The van der Waals surface area contributed by atoms with Crippen molar-refractivity contribution in [1.82, 2.24) is 10.3 Å². The molecule has 1 unspecified atom stereocenters. The van der Waals surface area contributed by atoms with Crippen molar-refractivity contribution in [3.63, 3.8) is 0 Å². The molecule has 23 heavy (non-hydrogen) atoms. The first kappa shape index (κ1) is 17.2. The monoisotopic (exact) mass is 351 g/mol. The fraction of sp³-hybridized carbons (Fsp3) is 0.133. The number of rotatable bonds is 6. The van der Waals surface area contributed by atoms with E-state index in [0.717, 1.165) is 0 Å². The number of hydrazine groups is 1. The molecule has 0 fully saturated rings. The predicted molar refractivity (Wildman–Crippen MR) is 86.3 cm³/mol. The molecule has 0 aliphatic rings. The number of hydrogen-bond acceptors (Lipinski definition) is 5. The highest BCUT2D eigenvalue weighted by atomic mass is 35.5. The Morgan fingerprint density at radius 3 is 2.39 bits per heavy atom. The molecular weight excluding hydrogens is 338 g/mol. The van der Waals surface area contributed by atoms with Gasteiger partial charge in [-0.05, 0) is 29.8 Å². The molecule has 0 aromatic heterocycles. The molecule has 0 heterocycles. The predicted octanol–water partition coefficient (Wildman–Crippen LogP) is 2.40. The zero-order valence-corrected chi connectivity index (χ0v) is 13.7. The molecule has 8 heteroatoms. The molecule has 2 aromatic rings. The first-order chi connectivity index (χ1) is 11.0. The van der Waals surface area contributed by atoms with Crippen LogP contribution in [0.2, 0.25) is 5.02 Å². The summed E-state index contributed by atoms with van der Waals surface area (Å²) in [6.07, 6.45) is 0. The van der Waals surface area contributed by atoms with Crippen LogP contribution in [-0.4, -0.2) is 15.5 Å². The number of nitriles is 1. The third-order valence-corrected chi connectivity index (χ3v) is 4.81. The van der Waals surface area contributed by atoms with E-state index in [9.17, 15) is 13.7 Å². The number of ether oxygens (including phenoxy) is 1. The summed E-state index contributed by atoms with van der Waals surface area (Å²) in [5, 5.41) is 9.32. The Hall–Kier alpha value is -2.11. The van der Waals surface area contributed by atoms with Gasteiger partial charge in [0.2, 0.25) is 0 Å². The molecule has 2 aromatic carbocycles. The Morgan fingerprint density at radius 1 is 1.17 bits per heavy atom. The van der Waals surface area contributed by atoms with Crippen molar-refractivity contribution < 1.29 is 13.2 Å². The van der Waals surface area contributed by atoms with Crippen LogP contribution in [0.3, 0.4) is 0 Å². The highest BCUT2D eigenvalue weighted by molar-refractivity contribution is 7.89. The van der Waals surface area contributed by atoms with Gasteiger partial charge in [-0.15, -0.1) is 4.83 Å². The van der Waals surface area contributed by atoms with Crippen molar-refractivity contribution in [2.24, 2.45) is 0 Å². The summed E-state index contributed by atoms with van der Waals surface area (Å²) < 4.78 is 29.5. The van der Waals surface area contributed by atoms with Gasteiger partial charge in [0.25, 0.3) is 10.0 Å². The van der Waals surface area contributed by atoms with Crippen molar-refractivity contribution in [3.05, 3.63) is 59.1 Å². The highest BCUT2D eigenvalue weighted by Crippen LogP contribution is 2.21. The van der Waals surface area contributed by atoms with Gasteiger partial charge in [-0.1, -0.05) is 35.9 Å². The van der Waals surface area contributed by atoms with E-state index in [1.165, 1.54) is 19.2 Å². The van der Waals surface area contributed by atoms with Crippen LogP contribution >= 0.6 is 11.6 Å². The van der Waals surface area contributed by atoms with E-state index in [0.29, 0.717) is 11.3 Å². The van der Waals surface area contributed by atoms with E-state index in [2.05, 4.69) is 10.3 Å². The largest absolute Gasteiger partial charge is 0.497 e. The van der Waals surface area contributed by atoms with E-state index in [1.54, 1.807) is 36.4 Å². The summed E-state index contributed by atoms with van der Waals surface area (Å²) in [5.74, 6) is 0.641. The lowest BCUT2D eigenvalue weighted by atomic mass is 10.1. The third-order valence-electron chi connectivity index (χ3n) is 3.04. The van der Waals surface area contributed by atoms with Crippen molar-refractivity contribution in [2.45, 2.75) is 10.9 Å². The number of nitrogens with one attached hydrogen (secondary N) is 2. The first-order valence-electron chi connectivity index (χ1n) is 6.53. The van der Waals surface area contributed by atoms with E-state index in [-0.39, 0.29) is 9.92 Å². The van der Waals surface area contributed by atoms with E-state index >= 15 is 0 Å². The average molecular weight is 352 g/mol. The molecule has 0 bridgehead atoms. The normalized spacial score (nSPS) is 12.4. The minimum atomic E-state index is -3.89. The molecule has 0 saturated carbocycles. The van der Waals surface area contributed by atoms with Crippen LogP contribution in [0.1, 0.15) is 11.6 Å². The SMILES string of the molecule is COc1ccc(C(C#N)NNS(=O)(=O)c2ccccc2Cl)cc1. The Bertz CT molecular complexity index is 817. The van der Waals surface area contributed by atoms with Gasteiger partial charge in [0.05, 0.1) is 18.2 Å². The van der Waals surface area contributed by atoms with Crippen molar-refractivity contribution >= 4 is 21.6 Å². The minimum absolute atomic E-state index is 0.0689. The van der Waals surface area contributed by atoms with Gasteiger partial charge in [0.1, 0.15) is 16.7 Å². The molecule has 0 amide bonds. The maximum absolute atomic E-state index is 12.2. The van der Waals surface area contributed by atoms with Crippen LogP contribution in [-0.2, 0) is 10.0 Å². The van der Waals surface area contributed by atoms with Gasteiger partial charge in [-0.25, -0.2) is 13.8 Å². The lowest BCUT2D eigenvalue weighted by Crippen LogP contribution is -2.39. The molecule has 0 spiro atoms. The van der Waals surface area contributed by atoms with E-state index in [1.807, 2.05) is 6.07 Å². The summed E-state index contributed by atoms with van der Waals surface area (Å²) >= 11 is 5.88. The minimum Gasteiger partial charge on any atom is -0.497 e. The summed E-state index contributed by atoms with van der Waals surface area (Å²) in [6.45, 7) is 0. The number of sulfonamides is 1. The van der Waals surface area contributed by atoms with E-state index < -0.39 is 16.1 Å². The maximum Gasteiger partial charge on any atom is 0.254 e. The standard InChI is InChI=1S/C15H14ClN3O3S/c1-22-12-8-6-11(7-9-12)14(10-17)18-19-23(20,21)15-5-3-2-4-13(15)16/h2-9,14,18-19H,1H3. The van der Waals surface area contributed by atoms with Gasteiger partial charge in [0.15, 0.2) is 0 Å². The quantitative estimate of drug-likeness (QED) is 0.780. The van der Waals surface area contributed by atoms with Gasteiger partial charge in [-0.2, -0.15) is 5.26 Å². The summed E-state index contributed by atoms with van der Waals surface area (Å²) in [4.78, 5) is 2.11. The zero-order chi connectivity index (χ0) is 16.9. The molecule has 2 N–H and O–H groups in total. The fourth-order valence-electron chi connectivity index (χ4n) is 1.84. The number of hydrogen-bond donors (Lipinski definition) is 2.